The van der Waals surface area contributed by atoms with Gasteiger partial charge in [0.1, 0.15) is 0 Å². The van der Waals surface area contributed by atoms with E-state index in [1.165, 1.54) is 0 Å². The Bertz CT molecular complexity index is 395. The molecule has 0 N–H and O–H groups in total. The van der Waals surface area contributed by atoms with E-state index < -0.39 is 0 Å². The number of hydrogen-bond donors (Lipinski definition) is 0. The standard InChI is InChI=1S/C12H11ClO/c1-8-9(6-7-12(8)14)10-4-2-3-5-11(10)13/h2-5,9H,1,6-7H2. The highest BCUT2D eigenvalue weighted by Crippen LogP contribution is 2.38. The first-order chi connectivity index (χ1) is 6.70. The van der Waals surface area contributed by atoms with Crippen molar-refractivity contribution in [3.63, 3.8) is 0 Å². The van der Waals surface area contributed by atoms with Crippen LogP contribution in [0.15, 0.2) is 36.4 Å². The number of halogens is 1. The number of Topliss-reactive ketones (excluding diaryl/α,β-unsaturated/α-hetero) is 1. The molecular formula is C12H11ClO. The van der Waals surface area contributed by atoms with Gasteiger partial charge in [0.25, 0.3) is 0 Å². The predicted molar refractivity (Wildman–Crippen MR) is 57.6 cm³/mol. The van der Waals surface area contributed by atoms with Crippen molar-refractivity contribution in [3.05, 3.63) is 47.0 Å². The normalized spacial score (nSPS) is 21.6. The van der Waals surface area contributed by atoms with Gasteiger partial charge in [-0.25, -0.2) is 0 Å². The van der Waals surface area contributed by atoms with Crippen LogP contribution in [0.1, 0.15) is 24.3 Å². The maximum Gasteiger partial charge on any atom is 0.158 e. The molecule has 0 radical (unpaired) electrons. The Labute approximate surface area is 88.4 Å². The van der Waals surface area contributed by atoms with Crippen molar-refractivity contribution in [2.75, 3.05) is 0 Å². The maximum absolute atomic E-state index is 11.3. The van der Waals surface area contributed by atoms with Crippen molar-refractivity contribution in [2.45, 2.75) is 18.8 Å². The van der Waals surface area contributed by atoms with Crippen molar-refractivity contribution >= 4 is 17.4 Å². The third-order valence-corrected chi connectivity index (χ3v) is 3.06. The summed E-state index contributed by atoms with van der Waals surface area (Å²) in [5.74, 6) is 0.311. The zero-order chi connectivity index (χ0) is 10.1. The van der Waals surface area contributed by atoms with Crippen LogP contribution in [0.5, 0.6) is 0 Å². The quantitative estimate of drug-likeness (QED) is 0.644. The molecule has 1 unspecified atom stereocenters. The molecule has 0 heterocycles. The fourth-order valence-electron chi connectivity index (χ4n) is 1.91. The Morgan fingerprint density at radius 1 is 1.36 bits per heavy atom. The Hall–Kier alpha value is -1.08. The van der Waals surface area contributed by atoms with Crippen LogP contribution < -0.4 is 0 Å². The first-order valence-electron chi connectivity index (χ1n) is 4.66. The second-order valence-electron chi connectivity index (χ2n) is 3.56. The van der Waals surface area contributed by atoms with Crippen molar-refractivity contribution in [2.24, 2.45) is 0 Å². The van der Waals surface area contributed by atoms with Gasteiger partial charge in [0.05, 0.1) is 0 Å². The Morgan fingerprint density at radius 3 is 2.64 bits per heavy atom. The van der Waals surface area contributed by atoms with Gasteiger partial charge in [-0.3, -0.25) is 4.79 Å². The molecule has 0 bridgehead atoms. The molecule has 0 saturated heterocycles. The van der Waals surface area contributed by atoms with Crippen molar-refractivity contribution in [1.82, 2.24) is 0 Å². The first-order valence-corrected chi connectivity index (χ1v) is 5.04. The summed E-state index contributed by atoms with van der Waals surface area (Å²) >= 11 is 6.06. The molecule has 1 aromatic rings. The molecule has 14 heavy (non-hydrogen) atoms. The van der Waals surface area contributed by atoms with Crippen LogP contribution in [-0.4, -0.2) is 5.78 Å². The highest BCUT2D eigenvalue weighted by atomic mass is 35.5. The number of carbonyl (C=O) groups is 1. The third kappa shape index (κ3) is 1.48. The number of hydrogen-bond acceptors (Lipinski definition) is 1. The highest BCUT2D eigenvalue weighted by molar-refractivity contribution is 6.31. The van der Waals surface area contributed by atoms with Gasteiger partial charge in [-0.15, -0.1) is 0 Å². The maximum atomic E-state index is 11.3. The van der Waals surface area contributed by atoms with Crippen molar-refractivity contribution in [1.29, 1.82) is 0 Å². The number of allylic oxidation sites excluding steroid dienone is 1. The molecule has 1 aliphatic rings. The summed E-state index contributed by atoms with van der Waals surface area (Å²) in [4.78, 5) is 11.3. The minimum atomic E-state index is 0.135. The van der Waals surface area contributed by atoms with Crippen LogP contribution in [0.4, 0.5) is 0 Å². The summed E-state index contributed by atoms with van der Waals surface area (Å²) in [6.45, 7) is 3.83. The summed E-state index contributed by atoms with van der Waals surface area (Å²) < 4.78 is 0. The largest absolute Gasteiger partial charge is 0.295 e. The van der Waals surface area contributed by atoms with Gasteiger partial charge in [-0.1, -0.05) is 36.4 Å². The molecule has 2 rings (SSSR count). The number of carbonyl (C=O) groups excluding carboxylic acids is 1. The predicted octanol–water partition coefficient (Wildman–Crippen LogP) is 3.34. The molecule has 1 aliphatic carbocycles. The van der Waals surface area contributed by atoms with E-state index in [0.717, 1.165) is 17.0 Å². The SMILES string of the molecule is C=C1C(=O)CCC1c1ccccc1Cl. The minimum Gasteiger partial charge on any atom is -0.295 e. The number of rotatable bonds is 1. The first kappa shape index (κ1) is 9.47. The van der Waals surface area contributed by atoms with Gasteiger partial charge >= 0.3 is 0 Å². The lowest BCUT2D eigenvalue weighted by Crippen LogP contribution is -1.99. The lowest BCUT2D eigenvalue weighted by atomic mass is 9.94. The van der Waals surface area contributed by atoms with Crippen LogP contribution >= 0.6 is 11.6 Å². The van der Waals surface area contributed by atoms with Gasteiger partial charge in [0, 0.05) is 17.4 Å². The molecule has 1 aromatic carbocycles. The van der Waals surface area contributed by atoms with Crippen LogP contribution in [0.2, 0.25) is 5.02 Å². The summed E-state index contributed by atoms with van der Waals surface area (Å²) in [7, 11) is 0. The van der Waals surface area contributed by atoms with E-state index in [2.05, 4.69) is 6.58 Å². The number of ketones is 1. The second-order valence-corrected chi connectivity index (χ2v) is 3.97. The molecule has 0 aromatic heterocycles. The smallest absolute Gasteiger partial charge is 0.158 e. The average Bonchev–Trinajstić information content (AvgIpc) is 2.49. The Balaban J connectivity index is 2.37. The van der Waals surface area contributed by atoms with E-state index in [1.807, 2.05) is 24.3 Å². The average molecular weight is 207 g/mol. The summed E-state index contributed by atoms with van der Waals surface area (Å²) in [5.41, 5.74) is 1.74. The molecule has 1 atom stereocenters. The third-order valence-electron chi connectivity index (χ3n) is 2.72. The minimum absolute atomic E-state index is 0.135. The van der Waals surface area contributed by atoms with Gasteiger partial charge in [-0.05, 0) is 23.6 Å². The van der Waals surface area contributed by atoms with Crippen LogP contribution in [-0.2, 0) is 4.79 Å². The van der Waals surface area contributed by atoms with Gasteiger partial charge in [0.2, 0.25) is 0 Å². The van der Waals surface area contributed by atoms with E-state index in [-0.39, 0.29) is 11.7 Å². The lowest BCUT2D eigenvalue weighted by Gasteiger charge is -2.11. The molecule has 72 valence electrons. The molecular weight excluding hydrogens is 196 g/mol. The summed E-state index contributed by atoms with van der Waals surface area (Å²) in [6, 6.07) is 7.66. The lowest BCUT2D eigenvalue weighted by molar-refractivity contribution is -0.114. The van der Waals surface area contributed by atoms with Crippen LogP contribution in [0.25, 0.3) is 0 Å². The molecule has 0 amide bonds. The van der Waals surface area contributed by atoms with E-state index >= 15 is 0 Å². The molecule has 0 spiro atoms. The molecule has 1 fully saturated rings. The Kier molecular flexibility index (Phi) is 2.42. The van der Waals surface area contributed by atoms with E-state index in [1.54, 1.807) is 0 Å². The zero-order valence-corrected chi connectivity index (χ0v) is 8.55. The van der Waals surface area contributed by atoms with Gasteiger partial charge in [-0.2, -0.15) is 0 Å². The number of benzene rings is 1. The van der Waals surface area contributed by atoms with Gasteiger partial charge in [0.15, 0.2) is 5.78 Å². The summed E-state index contributed by atoms with van der Waals surface area (Å²) in [5, 5.41) is 0.730. The van der Waals surface area contributed by atoms with Crippen LogP contribution in [0.3, 0.4) is 0 Å². The second kappa shape index (κ2) is 3.58. The molecule has 0 aliphatic heterocycles. The monoisotopic (exact) mass is 206 g/mol. The van der Waals surface area contributed by atoms with E-state index in [0.29, 0.717) is 12.0 Å². The topological polar surface area (TPSA) is 17.1 Å². The molecule has 1 nitrogen and oxygen atoms in total. The fraction of sp³-hybridized carbons (Fsp3) is 0.250. The molecule has 2 heteroatoms. The van der Waals surface area contributed by atoms with Crippen LogP contribution in [0, 0.1) is 0 Å². The Morgan fingerprint density at radius 2 is 2.07 bits per heavy atom. The van der Waals surface area contributed by atoms with Crippen molar-refractivity contribution in [3.8, 4) is 0 Å². The summed E-state index contributed by atoms with van der Waals surface area (Å²) in [6.07, 6.45) is 1.45. The molecule has 1 saturated carbocycles. The zero-order valence-electron chi connectivity index (χ0n) is 7.79. The fourth-order valence-corrected chi connectivity index (χ4v) is 2.17. The van der Waals surface area contributed by atoms with E-state index in [4.69, 9.17) is 11.6 Å². The van der Waals surface area contributed by atoms with E-state index in [9.17, 15) is 4.79 Å². The van der Waals surface area contributed by atoms with Gasteiger partial charge < -0.3 is 0 Å². The van der Waals surface area contributed by atoms with Crippen molar-refractivity contribution < 1.29 is 4.79 Å². The highest BCUT2D eigenvalue weighted by Gasteiger charge is 2.28.